The molecule has 0 saturated carbocycles. The summed E-state index contributed by atoms with van der Waals surface area (Å²) in [5.74, 6) is -0.213. The zero-order chi connectivity index (χ0) is 15.0. The third-order valence-corrected chi connectivity index (χ3v) is 2.90. The average Bonchev–Trinajstić information content (AvgIpc) is 2.74. The number of esters is 1. The molecule has 1 aromatic rings. The Morgan fingerprint density at radius 3 is 2.65 bits per heavy atom. The van der Waals surface area contributed by atoms with Gasteiger partial charge in [0.1, 0.15) is 19.0 Å². The Bertz CT molecular complexity index is 494. The number of ether oxygens (including phenoxy) is 1. The van der Waals surface area contributed by atoms with Crippen molar-refractivity contribution < 1.29 is 14.1 Å². The van der Waals surface area contributed by atoms with Crippen molar-refractivity contribution in [3.63, 3.8) is 0 Å². The van der Waals surface area contributed by atoms with Crippen molar-refractivity contribution in [2.24, 2.45) is 7.05 Å². The summed E-state index contributed by atoms with van der Waals surface area (Å²) in [6.45, 7) is 6.88. The van der Waals surface area contributed by atoms with Gasteiger partial charge in [-0.2, -0.15) is 0 Å². The molecule has 1 heterocycles. The molecule has 0 radical (unpaired) electrons. The van der Waals surface area contributed by atoms with Crippen LogP contribution >= 0.6 is 0 Å². The highest BCUT2D eigenvalue weighted by Crippen LogP contribution is 2.06. The quantitative estimate of drug-likeness (QED) is 0.436. The fourth-order valence-corrected chi connectivity index (χ4v) is 1.76. The molecule has 0 aromatic carbocycles. The van der Waals surface area contributed by atoms with Crippen molar-refractivity contribution in [2.75, 3.05) is 6.61 Å². The van der Waals surface area contributed by atoms with Crippen LogP contribution in [0, 0.1) is 0 Å². The van der Waals surface area contributed by atoms with Gasteiger partial charge in [0.2, 0.25) is 6.33 Å². The largest absolute Gasteiger partial charge is 0.459 e. The topological polar surface area (TPSA) is 35.1 Å². The number of allylic oxidation sites excluding steroid dienone is 3. The van der Waals surface area contributed by atoms with Gasteiger partial charge in [-0.25, -0.2) is 13.9 Å². The van der Waals surface area contributed by atoms with Gasteiger partial charge in [0, 0.05) is 0 Å². The van der Waals surface area contributed by atoms with Gasteiger partial charge in [0.05, 0.1) is 7.05 Å². The maximum atomic E-state index is 11.6. The molecule has 1 aromatic heterocycles. The molecule has 0 fully saturated rings. The number of hydrogen-bond donors (Lipinski definition) is 0. The van der Waals surface area contributed by atoms with E-state index in [9.17, 15) is 4.79 Å². The van der Waals surface area contributed by atoms with Gasteiger partial charge in [-0.1, -0.05) is 17.2 Å². The van der Waals surface area contributed by atoms with E-state index in [1.54, 1.807) is 4.57 Å². The van der Waals surface area contributed by atoms with E-state index in [0.717, 1.165) is 12.8 Å². The summed E-state index contributed by atoms with van der Waals surface area (Å²) in [6.07, 6.45) is 11.8. The lowest BCUT2D eigenvalue weighted by Gasteiger charge is -2.02. The second kappa shape index (κ2) is 8.35. The predicted molar refractivity (Wildman–Crippen MR) is 79.0 cm³/mol. The van der Waals surface area contributed by atoms with Gasteiger partial charge >= 0.3 is 5.97 Å². The van der Waals surface area contributed by atoms with Crippen LogP contribution in [0.3, 0.4) is 0 Å². The number of hydrogen-bond acceptors (Lipinski definition) is 2. The van der Waals surface area contributed by atoms with Gasteiger partial charge in [-0.05, 0) is 39.7 Å². The van der Waals surface area contributed by atoms with E-state index >= 15 is 0 Å². The first-order valence-corrected chi connectivity index (χ1v) is 6.93. The Balaban J connectivity index is 2.25. The van der Waals surface area contributed by atoms with E-state index in [4.69, 9.17) is 4.74 Å². The lowest BCUT2D eigenvalue weighted by Crippen LogP contribution is -2.24. The first kappa shape index (κ1) is 16.2. The molecule has 1 rings (SSSR count). The van der Waals surface area contributed by atoms with Crippen molar-refractivity contribution in [2.45, 2.75) is 40.2 Å². The lowest BCUT2D eigenvalue weighted by atomic mass is 10.1. The molecule has 0 unspecified atom stereocenters. The number of imidazole rings is 1. The Kier molecular flexibility index (Phi) is 6.77. The van der Waals surface area contributed by atoms with Crippen molar-refractivity contribution in [1.82, 2.24) is 4.57 Å². The highest BCUT2D eigenvalue weighted by Gasteiger charge is 2.08. The molecular weight excluding hydrogens is 252 g/mol. The first-order chi connectivity index (χ1) is 9.47. The van der Waals surface area contributed by atoms with Crippen LogP contribution in [-0.2, 0) is 23.1 Å². The van der Waals surface area contributed by atoms with Gasteiger partial charge in [0.25, 0.3) is 0 Å². The minimum absolute atomic E-state index is 0.213. The highest BCUT2D eigenvalue weighted by atomic mass is 16.5. The van der Waals surface area contributed by atoms with Crippen LogP contribution < -0.4 is 4.57 Å². The fraction of sp³-hybridized carbons (Fsp3) is 0.500. The molecule has 0 bridgehead atoms. The van der Waals surface area contributed by atoms with Gasteiger partial charge < -0.3 is 4.74 Å². The Morgan fingerprint density at radius 1 is 1.30 bits per heavy atom. The molecule has 0 atom stereocenters. The smallest absolute Gasteiger partial charge is 0.348 e. The zero-order valence-corrected chi connectivity index (χ0v) is 12.9. The van der Waals surface area contributed by atoms with Crippen LogP contribution in [0.15, 0.2) is 42.0 Å². The van der Waals surface area contributed by atoms with Gasteiger partial charge in [-0.3, -0.25) is 0 Å². The van der Waals surface area contributed by atoms with Crippen LogP contribution in [0.5, 0.6) is 0 Å². The summed E-state index contributed by atoms with van der Waals surface area (Å²) in [4.78, 5) is 11.6. The maximum absolute atomic E-state index is 11.6. The highest BCUT2D eigenvalue weighted by molar-refractivity contribution is 5.69. The molecule has 20 heavy (non-hydrogen) atoms. The Morgan fingerprint density at radius 2 is 2.05 bits per heavy atom. The molecular formula is C16H25N2O2+. The van der Waals surface area contributed by atoms with Crippen molar-refractivity contribution in [1.29, 1.82) is 0 Å². The van der Waals surface area contributed by atoms with E-state index in [1.807, 2.05) is 36.4 Å². The molecule has 0 spiro atoms. The minimum atomic E-state index is -0.213. The molecule has 0 aliphatic carbocycles. The van der Waals surface area contributed by atoms with Gasteiger partial charge in [-0.15, -0.1) is 0 Å². The summed E-state index contributed by atoms with van der Waals surface area (Å²) >= 11 is 0. The van der Waals surface area contributed by atoms with Crippen LogP contribution in [-0.4, -0.2) is 17.1 Å². The molecule has 0 amide bonds. The summed E-state index contributed by atoms with van der Waals surface area (Å²) in [5.41, 5.74) is 2.59. The standard InChI is InChI=1S/C16H25N2O2/c1-14(2)6-5-7-15(3)8-11-20-16(19)12-18-10-9-17(4)13-18/h6,8-10,13H,5,7,11-12H2,1-4H3/q+1. The summed E-state index contributed by atoms with van der Waals surface area (Å²) in [6, 6.07) is 0. The van der Waals surface area contributed by atoms with E-state index in [2.05, 4.69) is 26.8 Å². The summed E-state index contributed by atoms with van der Waals surface area (Å²) < 4.78 is 8.88. The Hall–Kier alpha value is -1.84. The number of carbonyl (C=O) groups excluding carboxylic acids is 1. The molecule has 0 aliphatic heterocycles. The Labute approximate surface area is 121 Å². The number of rotatable bonds is 7. The fourth-order valence-electron chi connectivity index (χ4n) is 1.76. The molecule has 0 N–H and O–H groups in total. The van der Waals surface area contributed by atoms with Gasteiger partial charge in [0.15, 0.2) is 6.54 Å². The SMILES string of the molecule is CC(C)=CCCC(C)=CCOC(=O)Cn1cc[n+](C)c1. The second-order valence-corrected chi connectivity index (χ2v) is 5.31. The lowest BCUT2D eigenvalue weighted by molar-refractivity contribution is -0.671. The van der Waals surface area contributed by atoms with E-state index in [0.29, 0.717) is 6.61 Å². The second-order valence-electron chi connectivity index (χ2n) is 5.31. The number of aromatic nitrogens is 2. The molecule has 0 saturated heterocycles. The summed E-state index contributed by atoms with van der Waals surface area (Å²) in [5, 5.41) is 0. The maximum Gasteiger partial charge on any atom is 0.348 e. The van der Waals surface area contributed by atoms with Crippen LogP contribution in [0.2, 0.25) is 0 Å². The normalized spacial score (nSPS) is 11.3. The average molecular weight is 277 g/mol. The van der Waals surface area contributed by atoms with E-state index in [1.165, 1.54) is 11.1 Å². The monoisotopic (exact) mass is 277 g/mol. The van der Waals surface area contributed by atoms with E-state index in [-0.39, 0.29) is 12.5 Å². The van der Waals surface area contributed by atoms with Crippen LogP contribution in [0.4, 0.5) is 0 Å². The predicted octanol–water partition coefficient (Wildman–Crippen LogP) is 2.55. The molecule has 4 nitrogen and oxygen atoms in total. The number of nitrogens with zero attached hydrogens (tertiary/aromatic N) is 2. The van der Waals surface area contributed by atoms with Crippen LogP contribution in [0.1, 0.15) is 33.6 Å². The molecule has 110 valence electrons. The third kappa shape index (κ3) is 6.92. The number of aryl methyl sites for hydroxylation is 1. The molecule has 0 aliphatic rings. The molecule has 4 heteroatoms. The third-order valence-electron chi connectivity index (χ3n) is 2.90. The van der Waals surface area contributed by atoms with Crippen molar-refractivity contribution in [3.8, 4) is 0 Å². The minimum Gasteiger partial charge on any atom is -0.459 e. The van der Waals surface area contributed by atoms with Crippen molar-refractivity contribution in [3.05, 3.63) is 42.0 Å². The number of carbonyl (C=O) groups is 1. The van der Waals surface area contributed by atoms with Crippen LogP contribution in [0.25, 0.3) is 0 Å². The van der Waals surface area contributed by atoms with E-state index < -0.39 is 0 Å². The van der Waals surface area contributed by atoms with Crippen molar-refractivity contribution >= 4 is 5.97 Å². The first-order valence-electron chi connectivity index (χ1n) is 6.93. The zero-order valence-electron chi connectivity index (χ0n) is 12.9. The summed E-state index contributed by atoms with van der Waals surface area (Å²) in [7, 11) is 1.92.